The molecule has 0 aliphatic carbocycles. The predicted molar refractivity (Wildman–Crippen MR) is 189 cm³/mol. The quantitative estimate of drug-likeness (QED) is 0.112. The lowest BCUT2D eigenvalue weighted by Crippen LogP contribution is -2.60. The summed E-state index contributed by atoms with van der Waals surface area (Å²) in [5.74, 6) is -0.989. The summed E-state index contributed by atoms with van der Waals surface area (Å²) in [4.78, 5) is 12.7. The Morgan fingerprint density at radius 1 is 0.571 bits per heavy atom. The van der Waals surface area contributed by atoms with E-state index >= 15 is 0 Å². The molecule has 0 radical (unpaired) electrons. The lowest BCUT2D eigenvalue weighted by atomic mass is 9.98. The zero-order valence-electron chi connectivity index (χ0n) is 27.1. The van der Waals surface area contributed by atoms with Crippen LogP contribution in [-0.2, 0) is 50.1 Å². The average Bonchev–Trinajstić information content (AvgIpc) is 3.15. The molecule has 0 bridgehead atoms. The number of benzene rings is 5. The molecule has 0 spiro atoms. The molecular weight excluding hydrogens is 637 g/mol. The van der Waals surface area contributed by atoms with E-state index in [1.54, 1.807) is 30.0 Å². The van der Waals surface area contributed by atoms with Crippen LogP contribution in [0.25, 0.3) is 0 Å². The first-order valence-electron chi connectivity index (χ1n) is 16.4. The minimum absolute atomic E-state index is 0.159. The van der Waals surface area contributed by atoms with Gasteiger partial charge < -0.3 is 28.8 Å². The second kappa shape index (κ2) is 17.9. The number of carboxylic acid groups (broad SMARTS) is 1. The second-order valence-corrected chi connectivity index (χ2v) is 12.9. The highest BCUT2D eigenvalue weighted by Gasteiger charge is 2.49. The van der Waals surface area contributed by atoms with E-state index in [1.807, 2.05) is 127 Å². The van der Waals surface area contributed by atoms with Crippen LogP contribution in [0.3, 0.4) is 0 Å². The third-order valence-corrected chi connectivity index (χ3v) is 9.32. The number of ether oxygens (including phenoxy) is 5. The van der Waals surface area contributed by atoms with Crippen molar-refractivity contribution in [2.24, 2.45) is 0 Å². The fourth-order valence-electron chi connectivity index (χ4n) is 5.70. The first-order chi connectivity index (χ1) is 24.1. The van der Waals surface area contributed by atoms with Gasteiger partial charge in [0.1, 0.15) is 29.9 Å². The van der Waals surface area contributed by atoms with Crippen molar-refractivity contribution in [1.82, 2.24) is 0 Å². The smallest absolute Gasteiger partial charge is 0.335 e. The second-order valence-electron chi connectivity index (χ2n) is 11.8. The molecule has 0 amide bonds. The molecule has 1 heterocycles. The number of thioether (sulfide) groups is 1. The van der Waals surface area contributed by atoms with Crippen LogP contribution >= 0.6 is 11.8 Å². The molecule has 1 fully saturated rings. The van der Waals surface area contributed by atoms with Crippen LogP contribution in [0.15, 0.2) is 150 Å². The van der Waals surface area contributed by atoms with E-state index in [1.165, 1.54) is 0 Å². The molecule has 0 aromatic heterocycles. The van der Waals surface area contributed by atoms with Crippen molar-refractivity contribution in [1.29, 1.82) is 0 Å². The number of carboxylic acids is 1. The van der Waals surface area contributed by atoms with Gasteiger partial charge in [-0.1, -0.05) is 133 Å². The van der Waals surface area contributed by atoms with Crippen molar-refractivity contribution < 1.29 is 33.6 Å². The minimum atomic E-state index is -0.989. The monoisotopic (exact) mass is 676 g/mol. The maximum Gasteiger partial charge on any atom is 0.335 e. The number of hydrogen-bond donors (Lipinski definition) is 1. The Morgan fingerprint density at radius 2 is 1.06 bits per heavy atom. The summed E-state index contributed by atoms with van der Waals surface area (Å²) in [5, 5.41) is 9.60. The fourth-order valence-corrected chi connectivity index (χ4v) is 6.84. The summed E-state index contributed by atoms with van der Waals surface area (Å²) in [5.41, 5.74) is 3.56. The molecular formula is C41H40O7S. The fraction of sp³-hybridized carbons (Fsp3) is 0.244. The van der Waals surface area contributed by atoms with Gasteiger partial charge >= 0.3 is 5.97 Å². The van der Waals surface area contributed by atoms with Crippen molar-refractivity contribution in [3.8, 4) is 0 Å². The molecule has 1 aliphatic heterocycles. The SMILES string of the molecule is O=C(O)c1cccc(CO[C@@H]2[C@@H](OCc3ccccc3)[C@H](OCc3ccccc3)[C@@H](COCc3ccccc3)O[C@H]2Sc2ccccc2)c1. The summed E-state index contributed by atoms with van der Waals surface area (Å²) in [7, 11) is 0. The third kappa shape index (κ3) is 10.1. The first-order valence-corrected chi connectivity index (χ1v) is 17.2. The number of rotatable bonds is 16. The van der Waals surface area contributed by atoms with Crippen LogP contribution in [0.1, 0.15) is 32.6 Å². The van der Waals surface area contributed by atoms with Gasteiger partial charge in [-0.2, -0.15) is 0 Å². The minimum Gasteiger partial charge on any atom is -0.478 e. The molecule has 1 aliphatic rings. The van der Waals surface area contributed by atoms with Crippen LogP contribution in [0, 0.1) is 0 Å². The molecule has 8 heteroatoms. The molecule has 6 rings (SSSR count). The molecule has 0 saturated carbocycles. The third-order valence-electron chi connectivity index (χ3n) is 8.17. The standard InChI is InChI=1S/C41H40O7S/c42-40(43)34-21-13-20-33(24-34)28-47-39-38(46-27-32-18-9-3-10-19-32)37(45-26-31-16-7-2-8-17-31)36(29-44-25-30-14-5-1-6-15-30)48-41(39)49-35-22-11-4-12-23-35/h1-24,36-39,41H,25-29H2,(H,42,43)/t36-,37-,38+,39-,41+/m1/s1. The van der Waals surface area contributed by atoms with Crippen molar-refractivity contribution in [3.05, 3.63) is 173 Å². The average molecular weight is 677 g/mol. The zero-order valence-corrected chi connectivity index (χ0v) is 27.9. The molecule has 0 unspecified atom stereocenters. The van der Waals surface area contributed by atoms with Crippen molar-refractivity contribution in [2.45, 2.75) is 61.2 Å². The Balaban J connectivity index is 1.32. The Bertz CT molecular complexity index is 1710. The molecule has 1 N–H and O–H groups in total. The Hall–Kier alpha value is -4.28. The van der Waals surface area contributed by atoms with Gasteiger partial charge in [0.2, 0.25) is 0 Å². The topological polar surface area (TPSA) is 83.5 Å². The normalized spacial score (nSPS) is 20.5. The molecule has 5 atom stereocenters. The molecule has 7 nitrogen and oxygen atoms in total. The summed E-state index contributed by atoms with van der Waals surface area (Å²) < 4.78 is 33.4. The number of aromatic carboxylic acids is 1. The van der Waals surface area contributed by atoms with Crippen molar-refractivity contribution in [2.75, 3.05) is 6.61 Å². The van der Waals surface area contributed by atoms with Gasteiger partial charge in [-0.15, -0.1) is 0 Å². The molecule has 252 valence electrons. The summed E-state index contributed by atoms with van der Waals surface area (Å²) in [6.45, 7) is 1.55. The van der Waals surface area contributed by atoms with Crippen molar-refractivity contribution >= 4 is 17.7 Å². The van der Waals surface area contributed by atoms with E-state index < -0.39 is 35.8 Å². The van der Waals surface area contributed by atoms with Gasteiger partial charge in [0.05, 0.1) is 38.6 Å². The van der Waals surface area contributed by atoms with Crippen LogP contribution in [0.4, 0.5) is 0 Å². The Labute approximate surface area is 291 Å². The van der Waals surface area contributed by atoms with E-state index in [4.69, 9.17) is 23.7 Å². The summed E-state index contributed by atoms with van der Waals surface area (Å²) in [6.07, 6.45) is -2.19. The van der Waals surface area contributed by atoms with Gasteiger partial charge in [0.15, 0.2) is 0 Å². The van der Waals surface area contributed by atoms with E-state index in [0.29, 0.717) is 19.8 Å². The molecule has 49 heavy (non-hydrogen) atoms. The van der Waals surface area contributed by atoms with Crippen LogP contribution in [0.5, 0.6) is 0 Å². The number of hydrogen-bond acceptors (Lipinski definition) is 7. The molecule has 5 aromatic rings. The van der Waals surface area contributed by atoms with Gasteiger partial charge in [0.25, 0.3) is 0 Å². The van der Waals surface area contributed by atoms with Gasteiger partial charge in [-0.3, -0.25) is 0 Å². The van der Waals surface area contributed by atoms with Gasteiger partial charge in [-0.05, 0) is 46.5 Å². The first kappa shape index (κ1) is 34.6. The van der Waals surface area contributed by atoms with Crippen LogP contribution < -0.4 is 0 Å². The largest absolute Gasteiger partial charge is 0.478 e. The lowest BCUT2D eigenvalue weighted by Gasteiger charge is -2.46. The van der Waals surface area contributed by atoms with Gasteiger partial charge in [-0.25, -0.2) is 4.79 Å². The van der Waals surface area contributed by atoms with E-state index in [9.17, 15) is 9.90 Å². The molecule has 1 saturated heterocycles. The lowest BCUT2D eigenvalue weighted by molar-refractivity contribution is -0.254. The Kier molecular flexibility index (Phi) is 12.6. The van der Waals surface area contributed by atoms with E-state index in [-0.39, 0.29) is 18.8 Å². The zero-order chi connectivity index (χ0) is 33.7. The highest BCUT2D eigenvalue weighted by atomic mass is 32.2. The summed E-state index contributed by atoms with van der Waals surface area (Å²) in [6, 6.07) is 46.9. The summed E-state index contributed by atoms with van der Waals surface area (Å²) >= 11 is 1.56. The highest BCUT2D eigenvalue weighted by molar-refractivity contribution is 7.99. The van der Waals surface area contributed by atoms with Gasteiger partial charge in [0, 0.05) is 4.90 Å². The molecule has 5 aromatic carbocycles. The van der Waals surface area contributed by atoms with E-state index in [0.717, 1.165) is 27.1 Å². The maximum atomic E-state index is 11.7. The van der Waals surface area contributed by atoms with Crippen LogP contribution in [-0.4, -0.2) is 47.5 Å². The van der Waals surface area contributed by atoms with Crippen molar-refractivity contribution in [3.63, 3.8) is 0 Å². The Morgan fingerprint density at radius 3 is 1.65 bits per heavy atom. The van der Waals surface area contributed by atoms with Crippen LogP contribution in [0.2, 0.25) is 0 Å². The number of carbonyl (C=O) groups is 1. The highest BCUT2D eigenvalue weighted by Crippen LogP contribution is 2.38. The predicted octanol–water partition coefficient (Wildman–Crippen LogP) is 8.17. The van der Waals surface area contributed by atoms with E-state index in [2.05, 4.69) is 0 Å². The maximum absolute atomic E-state index is 11.7.